The van der Waals surface area contributed by atoms with Crippen LogP contribution in [0, 0.1) is 20.8 Å². The molecule has 0 amide bonds. The minimum absolute atomic E-state index is 0.183. The van der Waals surface area contributed by atoms with Crippen molar-refractivity contribution < 1.29 is 9.13 Å². The van der Waals surface area contributed by atoms with Crippen molar-refractivity contribution in [3.63, 3.8) is 0 Å². The fourth-order valence-electron chi connectivity index (χ4n) is 3.29. The summed E-state index contributed by atoms with van der Waals surface area (Å²) < 4.78 is 19.7. The molecule has 32 heavy (non-hydrogen) atoms. The van der Waals surface area contributed by atoms with Gasteiger partial charge in [-0.05, 0) is 69.9 Å². The van der Waals surface area contributed by atoms with Gasteiger partial charge in [-0.15, -0.1) is 0 Å². The summed E-state index contributed by atoms with van der Waals surface area (Å²) in [6.07, 6.45) is 3.25. The van der Waals surface area contributed by atoms with Crippen molar-refractivity contribution in [2.75, 3.05) is 20.4 Å². The lowest BCUT2D eigenvalue weighted by atomic mass is 10.0. The minimum atomic E-state index is -0.385. The molecule has 0 aliphatic heterocycles. The Morgan fingerprint density at radius 2 is 1.59 bits per heavy atom. The number of rotatable bonds is 5. The van der Waals surface area contributed by atoms with Gasteiger partial charge in [-0.2, -0.15) is 0 Å². The molecule has 0 aromatic carbocycles. The van der Waals surface area contributed by atoms with E-state index < -0.39 is 0 Å². The maximum atomic E-state index is 13.2. The van der Waals surface area contributed by atoms with Crippen LogP contribution in [0.15, 0.2) is 24.4 Å². The Balaban J connectivity index is 0.000000645. The molecule has 0 aliphatic carbocycles. The molecule has 3 aromatic rings. The van der Waals surface area contributed by atoms with Crippen LogP contribution < -0.4 is 0 Å². The third-order valence-corrected chi connectivity index (χ3v) is 5.12. The van der Waals surface area contributed by atoms with Crippen LogP contribution in [0.1, 0.15) is 82.4 Å². The van der Waals surface area contributed by atoms with Crippen LogP contribution >= 0.6 is 0 Å². The third kappa shape index (κ3) is 6.86. The average molecular weight is 444 g/mol. The van der Waals surface area contributed by atoms with E-state index in [0.717, 1.165) is 51.4 Å². The number of nitrogens with zero attached hydrogens (tertiary/aromatic N) is 3. The average Bonchev–Trinajstić information content (AvgIpc) is 3.08. The number of aryl methyl sites for hydroxylation is 3. The molecule has 0 N–H and O–H groups in total. The summed E-state index contributed by atoms with van der Waals surface area (Å²) in [7, 11) is 1.68. The number of methoxy groups -OCH3 is 1. The Hall–Kier alpha value is -2.27. The van der Waals surface area contributed by atoms with E-state index in [-0.39, 0.29) is 12.7 Å². The van der Waals surface area contributed by atoms with Crippen LogP contribution in [-0.4, -0.2) is 34.9 Å². The van der Waals surface area contributed by atoms with Gasteiger partial charge in [0.05, 0.1) is 22.8 Å². The van der Waals surface area contributed by atoms with E-state index in [4.69, 9.17) is 9.97 Å². The first-order valence-corrected chi connectivity index (χ1v) is 11.7. The van der Waals surface area contributed by atoms with Crippen molar-refractivity contribution in [3.8, 4) is 11.3 Å². The number of alkyl halides is 1. The van der Waals surface area contributed by atoms with E-state index in [9.17, 15) is 4.39 Å². The second-order valence-corrected chi connectivity index (χ2v) is 8.55. The van der Waals surface area contributed by atoms with Gasteiger partial charge >= 0.3 is 0 Å². The number of halogens is 1. The number of pyridine rings is 2. The standard InChI is InChI=1S/C21H26FN3.C3H8O.C3H8/c1-12(2)18-8-7-17(16(6)23-18)20-13(3)9-19-21(24-20)14(4)11-25(19)15(5)10-22;1-3-4-2;1-3-2/h7-9,11-12,15H,10H2,1-6H3;3H2,1-2H3;3H2,1-2H3. The van der Waals surface area contributed by atoms with E-state index >= 15 is 0 Å². The lowest BCUT2D eigenvalue weighted by Gasteiger charge is -2.14. The van der Waals surface area contributed by atoms with Crippen LogP contribution in [0.25, 0.3) is 22.3 Å². The molecule has 3 heterocycles. The molecule has 0 saturated carbocycles. The quantitative estimate of drug-likeness (QED) is 0.405. The molecule has 4 nitrogen and oxygen atoms in total. The predicted molar refractivity (Wildman–Crippen MR) is 135 cm³/mol. The first-order valence-electron chi connectivity index (χ1n) is 11.7. The second-order valence-electron chi connectivity index (χ2n) is 8.55. The smallest absolute Gasteiger partial charge is 0.110 e. The molecule has 178 valence electrons. The van der Waals surface area contributed by atoms with Crippen molar-refractivity contribution >= 4 is 11.0 Å². The zero-order valence-corrected chi connectivity index (χ0v) is 21.7. The molecule has 0 radical (unpaired) electrons. The zero-order chi connectivity index (χ0) is 24.4. The van der Waals surface area contributed by atoms with E-state index in [1.54, 1.807) is 7.11 Å². The molecule has 5 heteroatoms. The third-order valence-electron chi connectivity index (χ3n) is 5.12. The normalized spacial score (nSPS) is 11.6. The molecule has 1 atom stereocenters. The molecule has 0 saturated heterocycles. The van der Waals surface area contributed by atoms with Crippen molar-refractivity contribution in [2.45, 2.75) is 80.7 Å². The molecule has 3 rings (SSSR count). The monoisotopic (exact) mass is 443 g/mol. The van der Waals surface area contributed by atoms with Gasteiger partial charge in [-0.1, -0.05) is 34.1 Å². The molecular formula is C27H42FN3O. The first-order chi connectivity index (χ1) is 15.2. The number of aromatic nitrogens is 3. The molecular weight excluding hydrogens is 401 g/mol. The Kier molecular flexibility index (Phi) is 11.6. The summed E-state index contributed by atoms with van der Waals surface area (Å²) in [5, 5.41) is 0. The van der Waals surface area contributed by atoms with E-state index in [1.165, 1.54) is 6.42 Å². The summed E-state index contributed by atoms with van der Waals surface area (Å²) >= 11 is 0. The van der Waals surface area contributed by atoms with Crippen molar-refractivity contribution in [1.82, 2.24) is 14.5 Å². The fourth-order valence-corrected chi connectivity index (χ4v) is 3.29. The summed E-state index contributed by atoms with van der Waals surface area (Å²) in [4.78, 5) is 9.68. The van der Waals surface area contributed by atoms with Crippen molar-refractivity contribution in [2.24, 2.45) is 0 Å². The molecule has 0 fully saturated rings. The van der Waals surface area contributed by atoms with Crippen LogP contribution in [-0.2, 0) is 4.74 Å². The number of ether oxygens (including phenoxy) is 1. The molecule has 0 bridgehead atoms. The highest BCUT2D eigenvalue weighted by Gasteiger charge is 2.16. The van der Waals surface area contributed by atoms with Gasteiger partial charge in [0.2, 0.25) is 0 Å². The molecule has 1 unspecified atom stereocenters. The largest absolute Gasteiger partial charge is 0.385 e. The van der Waals surface area contributed by atoms with Crippen LogP contribution in [0.5, 0.6) is 0 Å². The summed E-state index contributed by atoms with van der Waals surface area (Å²) in [6.45, 7) is 19.0. The van der Waals surface area contributed by atoms with Gasteiger partial charge in [0.1, 0.15) is 6.67 Å². The number of hydrogen-bond acceptors (Lipinski definition) is 3. The van der Waals surface area contributed by atoms with Crippen LogP contribution in [0.3, 0.4) is 0 Å². The molecule has 0 spiro atoms. The Morgan fingerprint density at radius 3 is 2.06 bits per heavy atom. The maximum absolute atomic E-state index is 13.2. The first kappa shape index (κ1) is 27.8. The summed E-state index contributed by atoms with van der Waals surface area (Å²) in [6, 6.07) is 6.14. The maximum Gasteiger partial charge on any atom is 0.110 e. The Bertz CT molecular complexity index is 977. The lowest BCUT2D eigenvalue weighted by Crippen LogP contribution is -2.05. The van der Waals surface area contributed by atoms with Crippen molar-refractivity contribution in [1.29, 1.82) is 0 Å². The van der Waals surface area contributed by atoms with E-state index in [1.807, 2.05) is 38.5 Å². The van der Waals surface area contributed by atoms with Gasteiger partial charge in [-0.3, -0.25) is 4.98 Å². The second kappa shape index (κ2) is 13.3. The predicted octanol–water partition coefficient (Wildman–Crippen LogP) is 7.75. The summed E-state index contributed by atoms with van der Waals surface area (Å²) in [5.74, 6) is 0.405. The Labute approximate surface area is 194 Å². The fraction of sp³-hybridized carbons (Fsp3) is 0.556. The van der Waals surface area contributed by atoms with Gasteiger partial charge in [0.25, 0.3) is 0 Å². The van der Waals surface area contributed by atoms with E-state index in [0.29, 0.717) is 5.92 Å². The summed E-state index contributed by atoms with van der Waals surface area (Å²) in [5.41, 5.74) is 8.20. The molecule has 3 aromatic heterocycles. The van der Waals surface area contributed by atoms with Crippen LogP contribution in [0.2, 0.25) is 0 Å². The number of hydrogen-bond donors (Lipinski definition) is 0. The van der Waals surface area contributed by atoms with Gasteiger partial charge in [0.15, 0.2) is 0 Å². The van der Waals surface area contributed by atoms with Gasteiger partial charge in [-0.25, -0.2) is 9.37 Å². The minimum Gasteiger partial charge on any atom is -0.385 e. The van der Waals surface area contributed by atoms with Gasteiger partial charge < -0.3 is 9.30 Å². The highest BCUT2D eigenvalue weighted by Crippen LogP contribution is 2.31. The SMILES string of the molecule is CCC.CCOC.Cc1cc2c(nc1-c1ccc(C(C)C)nc1C)c(C)cn2C(C)CF. The zero-order valence-electron chi connectivity index (χ0n) is 21.7. The Morgan fingerprint density at radius 1 is 1.00 bits per heavy atom. The highest BCUT2D eigenvalue weighted by atomic mass is 19.1. The van der Waals surface area contributed by atoms with Crippen molar-refractivity contribution in [3.05, 3.63) is 46.9 Å². The highest BCUT2D eigenvalue weighted by molar-refractivity contribution is 5.84. The van der Waals surface area contributed by atoms with Crippen LogP contribution in [0.4, 0.5) is 4.39 Å². The molecule has 0 aliphatic rings. The lowest BCUT2D eigenvalue weighted by molar-refractivity contribution is 0.215. The number of fused-ring (bicyclic) bond motifs is 1. The topological polar surface area (TPSA) is 39.9 Å². The van der Waals surface area contributed by atoms with E-state index in [2.05, 4.69) is 57.6 Å². The van der Waals surface area contributed by atoms with Gasteiger partial charge in [0, 0.05) is 36.9 Å².